The van der Waals surface area contributed by atoms with Crippen molar-refractivity contribution >= 4 is 0 Å². The summed E-state index contributed by atoms with van der Waals surface area (Å²) in [6.07, 6.45) is 1.51. The Morgan fingerprint density at radius 2 is 2.08 bits per heavy atom. The Hall–Kier alpha value is -0.560. The van der Waals surface area contributed by atoms with E-state index in [2.05, 4.69) is 11.8 Å². The highest BCUT2D eigenvalue weighted by molar-refractivity contribution is 4.98. The molecule has 0 aromatic carbocycles. The first-order valence-corrected chi connectivity index (χ1v) is 4.61. The fourth-order valence-corrected chi connectivity index (χ4v) is 0.837. The van der Waals surface area contributed by atoms with Gasteiger partial charge in [0, 0.05) is 13.0 Å². The second kappa shape index (κ2) is 9.53. The molecular weight excluding hydrogens is 168 g/mol. The highest BCUT2D eigenvalue weighted by atomic mass is 16.7. The predicted octanol–water partition coefficient (Wildman–Crippen LogP) is 1.16. The van der Waals surface area contributed by atoms with Gasteiger partial charge in [0.05, 0.1) is 6.61 Å². The molecule has 1 atom stereocenters. The zero-order valence-corrected chi connectivity index (χ0v) is 8.38. The summed E-state index contributed by atoms with van der Waals surface area (Å²) in [5.41, 5.74) is 0. The summed E-state index contributed by atoms with van der Waals surface area (Å²) in [7, 11) is 0. The molecule has 0 rings (SSSR count). The topological polar surface area (TPSA) is 38.7 Å². The monoisotopic (exact) mass is 186 g/mol. The molecule has 13 heavy (non-hydrogen) atoms. The van der Waals surface area contributed by atoms with Crippen LogP contribution in [0.3, 0.4) is 0 Å². The number of aliphatic hydroxyl groups excluding tert-OH is 1. The Morgan fingerprint density at radius 1 is 1.31 bits per heavy atom. The first-order chi connectivity index (χ1) is 6.31. The fourth-order valence-electron chi connectivity index (χ4n) is 0.837. The van der Waals surface area contributed by atoms with Gasteiger partial charge in [-0.2, -0.15) is 0 Å². The van der Waals surface area contributed by atoms with Crippen LogP contribution in [-0.4, -0.2) is 31.2 Å². The largest absolute Gasteiger partial charge is 0.384 e. The molecule has 0 aromatic heterocycles. The summed E-state index contributed by atoms with van der Waals surface area (Å²) in [4.78, 5) is 0. The van der Waals surface area contributed by atoms with Crippen molar-refractivity contribution in [1.82, 2.24) is 0 Å². The first-order valence-electron chi connectivity index (χ1n) is 4.61. The summed E-state index contributed by atoms with van der Waals surface area (Å²) in [6, 6.07) is 0. The molecule has 1 N–H and O–H groups in total. The normalized spacial score (nSPS) is 11.9. The fraction of sp³-hybridized carbons (Fsp3) is 0.800. The summed E-state index contributed by atoms with van der Waals surface area (Å²) in [5, 5.41) is 8.36. The predicted molar refractivity (Wildman–Crippen MR) is 51.1 cm³/mol. The maximum Gasteiger partial charge on any atom is 0.154 e. The summed E-state index contributed by atoms with van der Waals surface area (Å²) in [5.74, 6) is 5.40. The number of rotatable bonds is 6. The third-order valence-corrected chi connectivity index (χ3v) is 1.40. The lowest BCUT2D eigenvalue weighted by molar-refractivity contribution is -0.127. The molecule has 0 aliphatic carbocycles. The molecular formula is C10H18O3. The lowest BCUT2D eigenvalue weighted by Gasteiger charge is -2.11. The van der Waals surface area contributed by atoms with Gasteiger partial charge in [0.1, 0.15) is 6.61 Å². The minimum Gasteiger partial charge on any atom is -0.384 e. The minimum absolute atomic E-state index is 0.0593. The molecule has 3 heteroatoms. The van der Waals surface area contributed by atoms with E-state index in [4.69, 9.17) is 14.6 Å². The Kier molecular flexibility index (Phi) is 9.12. The van der Waals surface area contributed by atoms with Crippen molar-refractivity contribution in [2.45, 2.75) is 33.0 Å². The van der Waals surface area contributed by atoms with Crippen LogP contribution in [0.4, 0.5) is 0 Å². The molecule has 0 bridgehead atoms. The summed E-state index contributed by atoms with van der Waals surface area (Å²) < 4.78 is 10.5. The smallest absolute Gasteiger partial charge is 0.154 e. The minimum atomic E-state index is -0.129. The van der Waals surface area contributed by atoms with Crippen LogP contribution >= 0.6 is 0 Å². The zero-order chi connectivity index (χ0) is 9.94. The Labute approximate surface area is 80.0 Å². The van der Waals surface area contributed by atoms with E-state index in [0.717, 1.165) is 12.8 Å². The average molecular weight is 186 g/mol. The van der Waals surface area contributed by atoms with E-state index < -0.39 is 0 Å². The van der Waals surface area contributed by atoms with Crippen molar-refractivity contribution < 1.29 is 14.6 Å². The Morgan fingerprint density at radius 3 is 2.69 bits per heavy atom. The van der Waals surface area contributed by atoms with E-state index >= 15 is 0 Å². The Balaban J connectivity index is 3.15. The van der Waals surface area contributed by atoms with Gasteiger partial charge >= 0.3 is 0 Å². The second-order valence-corrected chi connectivity index (χ2v) is 2.51. The van der Waals surface area contributed by atoms with Gasteiger partial charge in [0.25, 0.3) is 0 Å². The molecule has 76 valence electrons. The molecule has 0 fully saturated rings. The highest BCUT2D eigenvalue weighted by Gasteiger charge is 1.98. The molecule has 0 aliphatic heterocycles. The van der Waals surface area contributed by atoms with Crippen LogP contribution in [0.25, 0.3) is 0 Å². The molecule has 0 spiro atoms. The molecule has 0 aliphatic rings. The third-order valence-electron chi connectivity index (χ3n) is 1.40. The van der Waals surface area contributed by atoms with Crippen LogP contribution in [0.2, 0.25) is 0 Å². The third kappa shape index (κ3) is 9.35. The van der Waals surface area contributed by atoms with E-state index in [1.54, 1.807) is 0 Å². The molecule has 0 saturated heterocycles. The number of aliphatic hydroxyl groups is 1. The quantitative estimate of drug-likeness (QED) is 0.384. The van der Waals surface area contributed by atoms with E-state index in [1.165, 1.54) is 0 Å². The molecule has 3 nitrogen and oxygen atoms in total. The van der Waals surface area contributed by atoms with E-state index in [9.17, 15) is 0 Å². The van der Waals surface area contributed by atoms with Crippen LogP contribution < -0.4 is 0 Å². The van der Waals surface area contributed by atoms with E-state index in [-0.39, 0.29) is 12.9 Å². The summed E-state index contributed by atoms with van der Waals surface area (Å²) in [6.45, 7) is 5.08. The maximum absolute atomic E-state index is 8.36. The first kappa shape index (κ1) is 12.4. The number of unbranched alkanes of at least 4 members (excludes halogenated alkanes) is 1. The van der Waals surface area contributed by atoms with Crippen LogP contribution in [-0.2, 0) is 9.47 Å². The molecule has 0 saturated carbocycles. The molecule has 0 aromatic rings. The van der Waals surface area contributed by atoms with Crippen molar-refractivity contribution in [2.75, 3.05) is 19.8 Å². The molecule has 0 radical (unpaired) electrons. The highest BCUT2D eigenvalue weighted by Crippen LogP contribution is 1.96. The number of hydrogen-bond acceptors (Lipinski definition) is 3. The van der Waals surface area contributed by atoms with Crippen LogP contribution in [0, 0.1) is 11.8 Å². The van der Waals surface area contributed by atoms with Gasteiger partial charge in [-0.1, -0.05) is 5.92 Å². The second-order valence-electron chi connectivity index (χ2n) is 2.51. The molecule has 0 amide bonds. The van der Waals surface area contributed by atoms with Gasteiger partial charge in [-0.15, -0.1) is 5.92 Å². The van der Waals surface area contributed by atoms with Crippen LogP contribution in [0.1, 0.15) is 26.7 Å². The zero-order valence-electron chi connectivity index (χ0n) is 8.38. The van der Waals surface area contributed by atoms with E-state index in [0.29, 0.717) is 13.2 Å². The van der Waals surface area contributed by atoms with Crippen molar-refractivity contribution in [3.8, 4) is 11.8 Å². The Bertz CT molecular complexity index is 157. The summed E-state index contributed by atoms with van der Waals surface area (Å²) >= 11 is 0. The van der Waals surface area contributed by atoms with E-state index in [1.807, 2.05) is 13.8 Å². The average Bonchev–Trinajstić information content (AvgIpc) is 2.11. The van der Waals surface area contributed by atoms with Gasteiger partial charge in [-0.05, 0) is 20.3 Å². The van der Waals surface area contributed by atoms with Crippen molar-refractivity contribution in [3.63, 3.8) is 0 Å². The SMILES string of the molecule is CCOC(C)OCCCC#CCO. The number of hydrogen-bond donors (Lipinski definition) is 1. The van der Waals surface area contributed by atoms with Crippen molar-refractivity contribution in [2.24, 2.45) is 0 Å². The van der Waals surface area contributed by atoms with Gasteiger partial charge in [-0.25, -0.2) is 0 Å². The van der Waals surface area contributed by atoms with Crippen molar-refractivity contribution in [1.29, 1.82) is 0 Å². The van der Waals surface area contributed by atoms with Crippen LogP contribution in [0.15, 0.2) is 0 Å². The van der Waals surface area contributed by atoms with Gasteiger partial charge < -0.3 is 14.6 Å². The van der Waals surface area contributed by atoms with Gasteiger partial charge in [-0.3, -0.25) is 0 Å². The van der Waals surface area contributed by atoms with Gasteiger partial charge in [0.15, 0.2) is 6.29 Å². The van der Waals surface area contributed by atoms with Crippen LogP contribution in [0.5, 0.6) is 0 Å². The number of ether oxygens (including phenoxy) is 2. The molecule has 1 unspecified atom stereocenters. The van der Waals surface area contributed by atoms with Crippen molar-refractivity contribution in [3.05, 3.63) is 0 Å². The standard InChI is InChI=1S/C10H18O3/c1-3-12-10(2)13-9-7-5-4-6-8-11/h10-11H,3,5,7-9H2,1-2H3. The maximum atomic E-state index is 8.36. The lowest BCUT2D eigenvalue weighted by Crippen LogP contribution is -2.13. The van der Waals surface area contributed by atoms with Gasteiger partial charge in [0.2, 0.25) is 0 Å². The lowest BCUT2D eigenvalue weighted by atomic mass is 10.3. The molecule has 0 heterocycles.